The Labute approximate surface area is 238 Å². The molecule has 216 valence electrons. The summed E-state index contributed by atoms with van der Waals surface area (Å²) in [6.07, 6.45) is 5.17. The molecule has 3 aromatic rings. The molecule has 5 heterocycles. The topological polar surface area (TPSA) is 76.4 Å². The molecule has 3 fully saturated rings. The number of ether oxygens (including phenoxy) is 1. The monoisotopic (exact) mass is 562 g/mol. The first-order valence-corrected chi connectivity index (χ1v) is 14.7. The second kappa shape index (κ2) is 9.94. The fourth-order valence-corrected chi connectivity index (χ4v) is 6.54. The van der Waals surface area contributed by atoms with E-state index in [4.69, 9.17) is 9.72 Å². The summed E-state index contributed by atoms with van der Waals surface area (Å²) in [7, 11) is 1.95. The number of piperidine rings is 1. The molecule has 1 aromatic carbocycles. The van der Waals surface area contributed by atoms with Crippen LogP contribution in [-0.4, -0.2) is 69.3 Å². The van der Waals surface area contributed by atoms with Gasteiger partial charge >= 0.3 is 0 Å². The molecular formula is C31H36F2N6O2. The van der Waals surface area contributed by atoms with Gasteiger partial charge in [-0.25, -0.2) is 8.78 Å². The van der Waals surface area contributed by atoms with Crippen molar-refractivity contribution in [2.75, 3.05) is 37.7 Å². The lowest BCUT2D eigenvalue weighted by Gasteiger charge is -2.42. The quantitative estimate of drug-likeness (QED) is 0.408. The minimum Gasteiger partial charge on any atom is -0.379 e. The van der Waals surface area contributed by atoms with Gasteiger partial charge in [0, 0.05) is 91.4 Å². The summed E-state index contributed by atoms with van der Waals surface area (Å²) in [6.45, 7) is 4.80. The Hall–Kier alpha value is -3.24. The number of rotatable bonds is 8. The molecule has 0 N–H and O–H groups in total. The van der Waals surface area contributed by atoms with E-state index < -0.39 is 11.8 Å². The third kappa shape index (κ3) is 4.84. The van der Waals surface area contributed by atoms with Crippen molar-refractivity contribution in [1.82, 2.24) is 24.6 Å². The third-order valence-electron chi connectivity index (χ3n) is 9.49. The molecular weight excluding hydrogens is 526 g/mol. The third-order valence-corrected chi connectivity index (χ3v) is 9.49. The minimum atomic E-state index is -2.59. The first kappa shape index (κ1) is 26.6. The van der Waals surface area contributed by atoms with Crippen molar-refractivity contribution in [3.05, 3.63) is 70.6 Å². The van der Waals surface area contributed by atoms with E-state index in [1.807, 2.05) is 34.7 Å². The molecule has 10 heteroatoms. The van der Waals surface area contributed by atoms with Gasteiger partial charge in [-0.2, -0.15) is 0 Å². The predicted molar refractivity (Wildman–Crippen MR) is 149 cm³/mol. The van der Waals surface area contributed by atoms with Gasteiger partial charge in [0.05, 0.1) is 19.8 Å². The number of likely N-dealkylation sites (tertiary alicyclic amines) is 1. The molecule has 7 rings (SSSR count). The van der Waals surface area contributed by atoms with Crippen molar-refractivity contribution >= 4 is 11.6 Å². The molecule has 0 unspecified atom stereocenters. The Balaban J connectivity index is 1.12. The van der Waals surface area contributed by atoms with Crippen molar-refractivity contribution in [3.8, 4) is 0 Å². The maximum atomic E-state index is 14.0. The summed E-state index contributed by atoms with van der Waals surface area (Å²) in [5, 5.41) is 8.33. The molecule has 1 atom stereocenters. The first-order valence-electron chi connectivity index (χ1n) is 14.7. The number of benzene rings is 1. The Morgan fingerprint density at radius 1 is 1.17 bits per heavy atom. The number of anilines is 1. The summed E-state index contributed by atoms with van der Waals surface area (Å²) < 4.78 is 35.6. The van der Waals surface area contributed by atoms with Crippen LogP contribution in [0.15, 0.2) is 36.7 Å². The second-order valence-corrected chi connectivity index (χ2v) is 12.5. The molecule has 1 amide bonds. The Morgan fingerprint density at radius 3 is 2.68 bits per heavy atom. The highest BCUT2D eigenvalue weighted by Gasteiger charge is 2.43. The lowest BCUT2D eigenvalue weighted by molar-refractivity contribution is -0.0985. The van der Waals surface area contributed by atoms with Crippen LogP contribution in [0.3, 0.4) is 0 Å². The molecule has 1 aliphatic carbocycles. The van der Waals surface area contributed by atoms with Gasteiger partial charge in [-0.3, -0.25) is 9.78 Å². The molecule has 0 bridgehead atoms. The number of aryl methyl sites for hydroxylation is 1. The molecule has 8 nitrogen and oxygen atoms in total. The number of fused-ring (bicyclic) bond motifs is 1. The van der Waals surface area contributed by atoms with Crippen molar-refractivity contribution in [3.63, 3.8) is 0 Å². The zero-order valence-electron chi connectivity index (χ0n) is 23.7. The Morgan fingerprint density at radius 2 is 2.00 bits per heavy atom. The van der Waals surface area contributed by atoms with Gasteiger partial charge in [0.15, 0.2) is 0 Å². The van der Waals surface area contributed by atoms with Crippen molar-refractivity contribution < 1.29 is 18.3 Å². The average Bonchev–Trinajstić information content (AvgIpc) is 3.63. The van der Waals surface area contributed by atoms with E-state index in [0.717, 1.165) is 52.4 Å². The van der Waals surface area contributed by atoms with Crippen LogP contribution < -0.4 is 4.90 Å². The van der Waals surface area contributed by atoms with Crippen LogP contribution in [0.1, 0.15) is 70.8 Å². The molecule has 41 heavy (non-hydrogen) atoms. The van der Waals surface area contributed by atoms with Crippen LogP contribution in [0.5, 0.6) is 0 Å². The number of alkyl halides is 2. The number of amides is 1. The lowest BCUT2D eigenvalue weighted by atomic mass is 9.75. The molecule has 3 aliphatic heterocycles. The van der Waals surface area contributed by atoms with E-state index in [-0.39, 0.29) is 17.7 Å². The number of nitrogens with zero attached hydrogens (tertiary/aromatic N) is 6. The van der Waals surface area contributed by atoms with E-state index in [1.54, 1.807) is 13.3 Å². The normalized spacial score (nSPS) is 23.5. The van der Waals surface area contributed by atoms with Gasteiger partial charge in [0.25, 0.3) is 11.8 Å². The average molecular weight is 563 g/mol. The lowest BCUT2D eigenvalue weighted by Crippen LogP contribution is -2.49. The zero-order valence-corrected chi connectivity index (χ0v) is 23.7. The van der Waals surface area contributed by atoms with Gasteiger partial charge in [0.2, 0.25) is 0 Å². The van der Waals surface area contributed by atoms with Crippen molar-refractivity contribution in [2.45, 2.75) is 62.8 Å². The van der Waals surface area contributed by atoms with E-state index in [9.17, 15) is 13.6 Å². The van der Waals surface area contributed by atoms with E-state index >= 15 is 0 Å². The molecule has 1 saturated carbocycles. The summed E-state index contributed by atoms with van der Waals surface area (Å²) in [5.41, 5.74) is 5.52. The highest BCUT2D eigenvalue weighted by Crippen LogP contribution is 2.45. The van der Waals surface area contributed by atoms with Crippen LogP contribution in [0, 0.1) is 5.92 Å². The molecule has 4 aliphatic rings. The second-order valence-electron chi connectivity index (χ2n) is 12.5. The predicted octanol–water partition coefficient (Wildman–Crippen LogP) is 4.28. The summed E-state index contributed by atoms with van der Waals surface area (Å²) in [5.74, 6) is -1.93. The number of aromatic nitrogens is 4. The molecule has 2 saturated heterocycles. The van der Waals surface area contributed by atoms with Crippen LogP contribution >= 0.6 is 0 Å². The summed E-state index contributed by atoms with van der Waals surface area (Å²) in [4.78, 5) is 22.9. The summed E-state index contributed by atoms with van der Waals surface area (Å²) in [6, 6.07) is 10.2. The largest absolute Gasteiger partial charge is 0.379 e. The number of halogens is 2. The van der Waals surface area contributed by atoms with Crippen molar-refractivity contribution in [1.29, 1.82) is 0 Å². The van der Waals surface area contributed by atoms with Crippen molar-refractivity contribution in [2.24, 2.45) is 13.0 Å². The van der Waals surface area contributed by atoms with Crippen LogP contribution in [-0.2, 0) is 36.6 Å². The maximum absolute atomic E-state index is 14.0. The number of carbonyl (C=O) groups excluding carboxylic acids is 1. The number of pyridine rings is 1. The number of hydrogen-bond donors (Lipinski definition) is 0. The molecule has 2 aromatic heterocycles. The number of carbonyl (C=O) groups is 1. The fraction of sp³-hybridized carbons (Fsp3) is 0.548. The van der Waals surface area contributed by atoms with Gasteiger partial charge < -0.3 is 19.1 Å². The summed E-state index contributed by atoms with van der Waals surface area (Å²) >= 11 is 0. The highest BCUT2D eigenvalue weighted by atomic mass is 19.3. The van der Waals surface area contributed by atoms with Crippen LogP contribution in [0.4, 0.5) is 14.5 Å². The Kier molecular flexibility index (Phi) is 6.46. The van der Waals surface area contributed by atoms with E-state index in [1.165, 1.54) is 0 Å². The highest BCUT2D eigenvalue weighted by molar-refractivity contribution is 6.10. The molecule has 0 spiro atoms. The van der Waals surface area contributed by atoms with E-state index in [0.29, 0.717) is 58.2 Å². The van der Waals surface area contributed by atoms with E-state index in [2.05, 4.69) is 27.2 Å². The maximum Gasteiger partial charge on any atom is 0.259 e. The Bertz CT molecular complexity index is 1480. The van der Waals surface area contributed by atoms with Crippen LogP contribution in [0.2, 0.25) is 0 Å². The van der Waals surface area contributed by atoms with Crippen LogP contribution in [0.25, 0.3) is 0 Å². The smallest absolute Gasteiger partial charge is 0.259 e. The molecule has 0 radical (unpaired) electrons. The van der Waals surface area contributed by atoms with Gasteiger partial charge in [0.1, 0.15) is 12.2 Å². The number of hydrogen-bond acceptors (Lipinski definition) is 6. The zero-order chi connectivity index (χ0) is 28.4. The fourth-order valence-electron chi connectivity index (χ4n) is 6.54. The first-order chi connectivity index (χ1) is 19.7. The van der Waals surface area contributed by atoms with Gasteiger partial charge in [-0.05, 0) is 36.6 Å². The van der Waals surface area contributed by atoms with Gasteiger partial charge in [-0.1, -0.05) is 19.1 Å². The SMILES string of the molecule is C[C@@H]1CN(CCc2cc3c(c(C4CC4)n2)CN(c2cccc(C4(Cc5nncn5C)COC4)c2)C3=O)CCC1(F)F. The van der Waals surface area contributed by atoms with Gasteiger partial charge in [-0.15, -0.1) is 10.2 Å². The minimum absolute atomic E-state index is 0.00106. The standard InChI is InChI=1S/C31H36F2N6O2/c1-20-15-38(11-9-31(20,32)33)10-8-23-13-25-26(28(35-23)21-6-7-21)16-39(29(25)40)24-5-3-4-22(12-24)30(17-41-18-30)14-27-36-34-19-37(27)2/h3-5,12-13,19-21H,6-11,14-18H2,1-2H3/t20-/m1/s1.